The maximum atomic E-state index is 13.3. The van der Waals surface area contributed by atoms with Gasteiger partial charge in [0.25, 0.3) is 0 Å². The fraction of sp³-hybridized carbons (Fsp3) is 0.167. The van der Waals surface area contributed by atoms with E-state index in [9.17, 15) is 12.8 Å². The normalized spacial score (nSPS) is 11.7. The molecule has 4 rings (SSSR count). The van der Waals surface area contributed by atoms with Crippen LogP contribution in [0.4, 0.5) is 27.5 Å². The van der Waals surface area contributed by atoms with Crippen molar-refractivity contribution in [3.63, 3.8) is 0 Å². The van der Waals surface area contributed by atoms with Crippen molar-refractivity contribution in [1.29, 1.82) is 0 Å². The molecule has 7 nitrogen and oxygen atoms in total. The number of hydrogen-bond donors (Lipinski definition) is 2. The molecule has 0 unspecified atom stereocenters. The summed E-state index contributed by atoms with van der Waals surface area (Å²) in [6.45, 7) is 1.97. The van der Waals surface area contributed by atoms with Crippen molar-refractivity contribution in [2.24, 2.45) is 0 Å². The van der Waals surface area contributed by atoms with Crippen LogP contribution in [0.3, 0.4) is 0 Å². The van der Waals surface area contributed by atoms with Crippen LogP contribution in [0.15, 0.2) is 66.7 Å². The number of benzene rings is 3. The Labute approximate surface area is 192 Å². The quantitative estimate of drug-likeness (QED) is 0.401. The second kappa shape index (κ2) is 9.13. The predicted octanol–water partition coefficient (Wildman–Crippen LogP) is 4.96. The van der Waals surface area contributed by atoms with Crippen LogP contribution in [0.2, 0.25) is 0 Å². The van der Waals surface area contributed by atoms with Crippen LogP contribution in [0.1, 0.15) is 11.1 Å². The molecule has 0 aliphatic rings. The summed E-state index contributed by atoms with van der Waals surface area (Å²) in [6.07, 6.45) is 0. The summed E-state index contributed by atoms with van der Waals surface area (Å²) in [5.41, 5.74) is 3.76. The molecule has 3 aromatic carbocycles. The van der Waals surface area contributed by atoms with Crippen molar-refractivity contribution in [1.82, 2.24) is 14.3 Å². The highest BCUT2D eigenvalue weighted by molar-refractivity contribution is 7.88. The number of nitrogens with zero attached hydrogens (tertiary/aromatic N) is 3. The molecule has 0 spiro atoms. The molecule has 0 saturated carbocycles. The highest BCUT2D eigenvalue weighted by Gasteiger charge is 2.15. The number of fused-ring (bicyclic) bond motifs is 1. The Balaban J connectivity index is 1.69. The van der Waals surface area contributed by atoms with Crippen molar-refractivity contribution in [3.05, 3.63) is 83.7 Å². The van der Waals surface area contributed by atoms with Gasteiger partial charge in [-0.2, -0.15) is 4.98 Å². The summed E-state index contributed by atoms with van der Waals surface area (Å²) in [5, 5.41) is 7.25. The molecule has 9 heteroatoms. The van der Waals surface area contributed by atoms with Crippen LogP contribution in [0.25, 0.3) is 10.9 Å². The van der Waals surface area contributed by atoms with E-state index < -0.39 is 10.0 Å². The first kappa shape index (κ1) is 22.6. The van der Waals surface area contributed by atoms with Gasteiger partial charge in [0.15, 0.2) is 0 Å². The zero-order valence-electron chi connectivity index (χ0n) is 18.5. The van der Waals surface area contributed by atoms with E-state index in [0.717, 1.165) is 16.5 Å². The molecule has 2 N–H and O–H groups in total. The Morgan fingerprint density at radius 1 is 0.909 bits per heavy atom. The molecule has 1 aromatic heterocycles. The smallest absolute Gasteiger partial charge is 0.229 e. The Kier molecular flexibility index (Phi) is 6.26. The van der Waals surface area contributed by atoms with E-state index in [4.69, 9.17) is 0 Å². The minimum Gasteiger partial charge on any atom is -0.340 e. The largest absolute Gasteiger partial charge is 0.340 e. The fourth-order valence-corrected chi connectivity index (χ4v) is 4.18. The summed E-state index contributed by atoms with van der Waals surface area (Å²) in [4.78, 5) is 9.30. The topological polar surface area (TPSA) is 87.2 Å². The lowest BCUT2D eigenvalue weighted by atomic mass is 10.1. The number of anilines is 4. The SMILES string of the molecule is Cc1cccc2c(Nc3ccc(F)cc3)nc(Nc3cccc(CS(=O)(=O)N(C)C)c3)nc12. The minimum absolute atomic E-state index is 0.107. The van der Waals surface area contributed by atoms with Crippen LogP contribution in [0.5, 0.6) is 0 Å². The van der Waals surface area contributed by atoms with Gasteiger partial charge in [0.1, 0.15) is 11.6 Å². The lowest BCUT2D eigenvalue weighted by molar-refractivity contribution is 0.520. The van der Waals surface area contributed by atoms with Gasteiger partial charge < -0.3 is 10.6 Å². The van der Waals surface area contributed by atoms with Crippen molar-refractivity contribution < 1.29 is 12.8 Å². The Morgan fingerprint density at radius 2 is 1.64 bits per heavy atom. The van der Waals surface area contributed by atoms with Gasteiger partial charge >= 0.3 is 0 Å². The Hall–Kier alpha value is -3.56. The summed E-state index contributed by atoms with van der Waals surface area (Å²) >= 11 is 0. The highest BCUT2D eigenvalue weighted by atomic mass is 32.2. The van der Waals surface area contributed by atoms with E-state index in [-0.39, 0.29) is 11.6 Å². The molecule has 0 fully saturated rings. The summed E-state index contributed by atoms with van der Waals surface area (Å²) in [6, 6.07) is 19.0. The number of aromatic nitrogens is 2. The third-order valence-electron chi connectivity index (χ3n) is 5.12. The van der Waals surface area contributed by atoms with E-state index in [1.165, 1.54) is 30.5 Å². The van der Waals surface area contributed by atoms with Crippen LogP contribution >= 0.6 is 0 Å². The standard InChI is InChI=1S/C24H24FN5O2S/c1-16-6-4-9-21-22(16)28-24(29-23(21)26-19-12-10-18(25)11-13-19)27-20-8-5-7-17(14-20)15-33(31,32)30(2)3/h4-14H,15H2,1-3H3,(H2,26,27,28,29). The van der Waals surface area contributed by atoms with E-state index in [2.05, 4.69) is 20.6 Å². The number of hydrogen-bond acceptors (Lipinski definition) is 6. The lowest BCUT2D eigenvalue weighted by Gasteiger charge is -2.14. The van der Waals surface area contributed by atoms with Crippen LogP contribution < -0.4 is 10.6 Å². The summed E-state index contributed by atoms with van der Waals surface area (Å²) < 4.78 is 39.0. The fourth-order valence-electron chi connectivity index (χ4n) is 3.32. The Morgan fingerprint density at radius 3 is 2.36 bits per heavy atom. The second-order valence-electron chi connectivity index (χ2n) is 7.86. The molecule has 33 heavy (non-hydrogen) atoms. The van der Waals surface area contributed by atoms with Crippen LogP contribution in [0, 0.1) is 12.7 Å². The number of halogens is 1. The Bertz CT molecular complexity index is 1410. The molecule has 0 saturated heterocycles. The van der Waals surface area contributed by atoms with Gasteiger partial charge in [-0.15, -0.1) is 0 Å². The highest BCUT2D eigenvalue weighted by Crippen LogP contribution is 2.28. The summed E-state index contributed by atoms with van der Waals surface area (Å²) in [5.74, 6) is 0.505. The van der Waals surface area contributed by atoms with Gasteiger partial charge in [-0.25, -0.2) is 22.1 Å². The monoisotopic (exact) mass is 465 g/mol. The molecule has 170 valence electrons. The average Bonchev–Trinajstić information content (AvgIpc) is 2.76. The van der Waals surface area contributed by atoms with Crippen molar-refractivity contribution in [3.8, 4) is 0 Å². The van der Waals surface area contributed by atoms with E-state index in [1.54, 1.807) is 30.3 Å². The van der Waals surface area contributed by atoms with Crippen LogP contribution in [-0.4, -0.2) is 36.8 Å². The number of rotatable bonds is 7. The van der Waals surface area contributed by atoms with Gasteiger partial charge in [-0.3, -0.25) is 0 Å². The lowest BCUT2D eigenvalue weighted by Crippen LogP contribution is -2.23. The first-order chi connectivity index (χ1) is 15.7. The van der Waals surface area contributed by atoms with E-state index in [0.29, 0.717) is 28.7 Å². The van der Waals surface area contributed by atoms with Crippen molar-refractivity contribution >= 4 is 44.1 Å². The predicted molar refractivity (Wildman–Crippen MR) is 130 cm³/mol. The van der Waals surface area contributed by atoms with Crippen molar-refractivity contribution in [2.75, 3.05) is 24.7 Å². The molecule has 1 heterocycles. The molecule has 0 amide bonds. The van der Waals surface area contributed by atoms with Gasteiger partial charge in [0, 0.05) is 30.9 Å². The molecular weight excluding hydrogens is 441 g/mol. The maximum absolute atomic E-state index is 13.3. The third kappa shape index (κ3) is 5.27. The van der Waals surface area contributed by atoms with Crippen LogP contribution in [-0.2, 0) is 15.8 Å². The maximum Gasteiger partial charge on any atom is 0.229 e. The van der Waals surface area contributed by atoms with E-state index in [1.807, 2.05) is 31.2 Å². The molecule has 0 radical (unpaired) electrons. The number of aryl methyl sites for hydroxylation is 1. The van der Waals surface area contributed by atoms with Gasteiger partial charge in [0.05, 0.1) is 11.3 Å². The molecule has 0 bridgehead atoms. The number of sulfonamides is 1. The van der Waals surface area contributed by atoms with Gasteiger partial charge in [-0.05, 0) is 60.5 Å². The number of para-hydroxylation sites is 1. The van der Waals surface area contributed by atoms with Gasteiger partial charge in [0.2, 0.25) is 16.0 Å². The van der Waals surface area contributed by atoms with E-state index >= 15 is 0 Å². The molecule has 0 aliphatic heterocycles. The minimum atomic E-state index is -3.38. The molecular formula is C24H24FN5O2S. The molecule has 0 atom stereocenters. The van der Waals surface area contributed by atoms with Crippen molar-refractivity contribution in [2.45, 2.75) is 12.7 Å². The average molecular weight is 466 g/mol. The van der Waals surface area contributed by atoms with Gasteiger partial charge in [-0.1, -0.05) is 24.3 Å². The zero-order chi connectivity index (χ0) is 23.6. The second-order valence-corrected chi connectivity index (χ2v) is 10.0. The first-order valence-electron chi connectivity index (χ1n) is 10.3. The number of nitrogens with one attached hydrogen (secondary N) is 2. The molecule has 4 aromatic rings. The summed E-state index contributed by atoms with van der Waals surface area (Å²) in [7, 11) is -0.358. The first-order valence-corrected chi connectivity index (χ1v) is 11.9. The zero-order valence-corrected chi connectivity index (χ0v) is 19.3. The third-order valence-corrected chi connectivity index (χ3v) is 6.93. The molecule has 0 aliphatic carbocycles.